The molecule has 2 aromatic rings. The zero-order chi connectivity index (χ0) is 13.8. The number of tetrazole rings is 1. The number of hydrogen-bond acceptors (Lipinski definition) is 5. The van der Waals surface area contributed by atoms with Gasteiger partial charge in [-0.05, 0) is 53.4 Å². The van der Waals surface area contributed by atoms with E-state index < -0.39 is 0 Å². The monoisotopic (exact) mass is 281 g/mol. The highest BCUT2D eigenvalue weighted by Gasteiger charge is 2.12. The molecule has 0 spiro atoms. The van der Waals surface area contributed by atoms with E-state index in [1.807, 2.05) is 19.9 Å². The molecule has 2 rings (SSSR count). The quantitative estimate of drug-likeness (QED) is 0.910. The molecular formula is C12H16FN5S. The van der Waals surface area contributed by atoms with E-state index in [1.165, 1.54) is 16.4 Å². The number of nitrogens with one attached hydrogen (secondary N) is 1. The summed E-state index contributed by atoms with van der Waals surface area (Å²) in [6.45, 7) is 4.89. The maximum absolute atomic E-state index is 14.0. The van der Waals surface area contributed by atoms with Crippen LogP contribution in [0.2, 0.25) is 0 Å². The molecule has 0 aliphatic rings. The summed E-state index contributed by atoms with van der Waals surface area (Å²) in [6.07, 6.45) is 0. The van der Waals surface area contributed by atoms with Crippen molar-refractivity contribution < 1.29 is 4.39 Å². The van der Waals surface area contributed by atoms with E-state index in [4.69, 9.17) is 0 Å². The molecule has 0 fully saturated rings. The van der Waals surface area contributed by atoms with Crippen molar-refractivity contribution in [2.45, 2.75) is 29.9 Å². The number of halogens is 1. The smallest absolute Gasteiger partial charge is 0.213 e. The maximum atomic E-state index is 14.0. The van der Waals surface area contributed by atoms with Crippen LogP contribution in [0.1, 0.15) is 25.5 Å². The van der Waals surface area contributed by atoms with Crippen LogP contribution in [0.15, 0.2) is 28.3 Å². The van der Waals surface area contributed by atoms with Gasteiger partial charge in [-0.1, -0.05) is 13.0 Å². The molecule has 0 aliphatic heterocycles. The number of aromatic nitrogens is 4. The van der Waals surface area contributed by atoms with Crippen molar-refractivity contribution in [3.63, 3.8) is 0 Å². The minimum absolute atomic E-state index is 0.134. The first-order chi connectivity index (χ1) is 9.11. The normalized spacial score (nSPS) is 12.6. The second-order valence-corrected chi connectivity index (χ2v) is 5.17. The molecule has 0 saturated heterocycles. The van der Waals surface area contributed by atoms with Crippen LogP contribution < -0.4 is 5.32 Å². The number of hydrogen-bond donors (Lipinski definition) is 1. The summed E-state index contributed by atoms with van der Waals surface area (Å²) in [4.78, 5) is 0.519. The molecule has 7 heteroatoms. The Labute approximate surface area is 115 Å². The van der Waals surface area contributed by atoms with Crippen LogP contribution in [0.3, 0.4) is 0 Å². The van der Waals surface area contributed by atoms with E-state index in [9.17, 15) is 4.39 Å². The van der Waals surface area contributed by atoms with Gasteiger partial charge in [0.15, 0.2) is 0 Å². The summed E-state index contributed by atoms with van der Waals surface area (Å²) >= 11 is 1.21. The summed E-state index contributed by atoms with van der Waals surface area (Å²) < 4.78 is 15.6. The average molecular weight is 281 g/mol. The molecule has 1 unspecified atom stereocenters. The third kappa shape index (κ3) is 3.30. The highest BCUT2D eigenvalue weighted by Crippen LogP contribution is 2.29. The van der Waals surface area contributed by atoms with Gasteiger partial charge in [-0.2, -0.15) is 0 Å². The fraction of sp³-hybridized carbons (Fsp3) is 0.417. The van der Waals surface area contributed by atoms with Crippen molar-refractivity contribution >= 4 is 11.8 Å². The predicted octanol–water partition coefficient (Wildman–Crippen LogP) is 2.17. The predicted molar refractivity (Wildman–Crippen MR) is 71.4 cm³/mol. The Balaban J connectivity index is 2.18. The van der Waals surface area contributed by atoms with Crippen molar-refractivity contribution in [3.8, 4) is 0 Å². The fourth-order valence-electron chi connectivity index (χ4n) is 1.70. The molecule has 102 valence electrons. The first kappa shape index (κ1) is 14.0. The Morgan fingerprint density at radius 2 is 2.26 bits per heavy atom. The molecular weight excluding hydrogens is 265 g/mol. The lowest BCUT2D eigenvalue weighted by Gasteiger charge is -2.13. The van der Waals surface area contributed by atoms with Gasteiger partial charge >= 0.3 is 0 Å². The van der Waals surface area contributed by atoms with Crippen LogP contribution in [-0.4, -0.2) is 26.8 Å². The molecule has 19 heavy (non-hydrogen) atoms. The highest BCUT2D eigenvalue weighted by atomic mass is 32.2. The molecule has 1 aromatic carbocycles. The molecule has 1 atom stereocenters. The number of benzene rings is 1. The molecule has 1 aromatic heterocycles. The molecule has 0 amide bonds. The second kappa shape index (κ2) is 6.12. The van der Waals surface area contributed by atoms with E-state index in [0.717, 1.165) is 12.1 Å². The molecule has 0 saturated carbocycles. The summed E-state index contributed by atoms with van der Waals surface area (Å²) in [5, 5.41) is 14.9. The highest BCUT2D eigenvalue weighted by molar-refractivity contribution is 7.99. The Kier molecular flexibility index (Phi) is 4.49. The average Bonchev–Trinajstić information content (AvgIpc) is 2.78. The molecule has 0 aliphatic carbocycles. The Morgan fingerprint density at radius 1 is 1.47 bits per heavy atom. The van der Waals surface area contributed by atoms with E-state index in [-0.39, 0.29) is 11.9 Å². The van der Waals surface area contributed by atoms with Crippen molar-refractivity contribution in [2.24, 2.45) is 7.05 Å². The van der Waals surface area contributed by atoms with Gasteiger partial charge in [-0.25, -0.2) is 9.07 Å². The Hall–Kier alpha value is -1.47. The third-order valence-electron chi connectivity index (χ3n) is 2.75. The molecule has 1 heterocycles. The van der Waals surface area contributed by atoms with Crippen molar-refractivity contribution in [3.05, 3.63) is 29.6 Å². The molecule has 0 radical (unpaired) electrons. The maximum Gasteiger partial charge on any atom is 0.213 e. The number of nitrogens with zero attached hydrogens (tertiary/aromatic N) is 4. The van der Waals surface area contributed by atoms with Gasteiger partial charge in [0.25, 0.3) is 0 Å². The minimum atomic E-state index is -0.254. The summed E-state index contributed by atoms with van der Waals surface area (Å²) in [5.41, 5.74) is 0.930. The van der Waals surface area contributed by atoms with Gasteiger partial charge in [0.05, 0.1) is 4.90 Å². The number of rotatable bonds is 5. The van der Waals surface area contributed by atoms with E-state index in [0.29, 0.717) is 10.1 Å². The van der Waals surface area contributed by atoms with Gasteiger partial charge in [0.2, 0.25) is 5.16 Å². The van der Waals surface area contributed by atoms with Gasteiger partial charge in [-0.3, -0.25) is 0 Å². The van der Waals surface area contributed by atoms with Crippen LogP contribution in [-0.2, 0) is 7.05 Å². The summed E-state index contributed by atoms with van der Waals surface area (Å²) in [6, 6.07) is 5.37. The van der Waals surface area contributed by atoms with Crippen molar-refractivity contribution in [2.75, 3.05) is 6.54 Å². The Morgan fingerprint density at radius 3 is 2.84 bits per heavy atom. The van der Waals surface area contributed by atoms with Crippen LogP contribution >= 0.6 is 11.8 Å². The topological polar surface area (TPSA) is 55.6 Å². The van der Waals surface area contributed by atoms with Crippen molar-refractivity contribution in [1.82, 2.24) is 25.5 Å². The van der Waals surface area contributed by atoms with Gasteiger partial charge in [0.1, 0.15) is 5.82 Å². The lowest BCUT2D eigenvalue weighted by atomic mass is 10.1. The molecule has 0 bridgehead atoms. The standard InChI is InChI=1S/C12H16FN5S/c1-4-14-8(2)9-5-6-11(10(13)7-9)19-12-15-16-17-18(12)3/h5-8,14H,4H2,1-3H3. The third-order valence-corrected chi connectivity index (χ3v) is 3.83. The number of aryl methyl sites for hydroxylation is 1. The molecule has 1 N–H and O–H groups in total. The minimum Gasteiger partial charge on any atom is -0.310 e. The van der Waals surface area contributed by atoms with Crippen molar-refractivity contribution in [1.29, 1.82) is 0 Å². The van der Waals surface area contributed by atoms with Crippen LogP contribution in [0.25, 0.3) is 0 Å². The first-order valence-electron chi connectivity index (χ1n) is 6.05. The van der Waals surface area contributed by atoms with Gasteiger partial charge in [-0.15, -0.1) is 5.10 Å². The largest absolute Gasteiger partial charge is 0.310 e. The lowest BCUT2D eigenvalue weighted by Crippen LogP contribution is -2.17. The van der Waals surface area contributed by atoms with Crippen LogP contribution in [0, 0.1) is 5.82 Å². The van der Waals surface area contributed by atoms with Gasteiger partial charge < -0.3 is 5.32 Å². The van der Waals surface area contributed by atoms with Gasteiger partial charge in [0, 0.05) is 13.1 Å². The SMILES string of the molecule is CCNC(C)c1ccc(Sc2nnnn2C)c(F)c1. The first-order valence-corrected chi connectivity index (χ1v) is 6.86. The lowest BCUT2D eigenvalue weighted by molar-refractivity contribution is 0.571. The van der Waals surface area contributed by atoms with E-state index >= 15 is 0 Å². The zero-order valence-corrected chi connectivity index (χ0v) is 11.9. The second-order valence-electron chi connectivity index (χ2n) is 4.16. The zero-order valence-electron chi connectivity index (χ0n) is 11.1. The van der Waals surface area contributed by atoms with Crippen LogP contribution in [0.5, 0.6) is 0 Å². The summed E-state index contributed by atoms with van der Waals surface area (Å²) in [7, 11) is 1.72. The van der Waals surface area contributed by atoms with Crippen LogP contribution in [0.4, 0.5) is 4.39 Å². The van der Waals surface area contributed by atoms with E-state index in [1.54, 1.807) is 19.2 Å². The fourth-order valence-corrected chi connectivity index (χ4v) is 2.43. The Bertz CT molecular complexity index is 557. The van der Waals surface area contributed by atoms with E-state index in [2.05, 4.69) is 20.8 Å². The summed E-state index contributed by atoms with van der Waals surface area (Å²) in [5.74, 6) is -0.254. The molecule has 5 nitrogen and oxygen atoms in total.